The van der Waals surface area contributed by atoms with Crippen molar-refractivity contribution in [3.8, 4) is 11.3 Å². The van der Waals surface area contributed by atoms with Crippen LogP contribution in [0.3, 0.4) is 0 Å². The highest BCUT2D eigenvalue weighted by molar-refractivity contribution is 6.10. The van der Waals surface area contributed by atoms with Crippen molar-refractivity contribution in [3.05, 3.63) is 98.7 Å². The number of hydrogen-bond acceptors (Lipinski definition) is 3. The van der Waals surface area contributed by atoms with Crippen LogP contribution >= 0.6 is 0 Å². The second kappa shape index (κ2) is 7.05. The molecule has 0 aliphatic carbocycles. The molecular weight excluding hydrogens is 428 g/mol. The zero-order valence-electron chi connectivity index (χ0n) is 19.0. The zero-order chi connectivity index (χ0) is 23.7. The number of aromatic amines is 1. The molecule has 0 saturated carbocycles. The van der Waals surface area contributed by atoms with Crippen molar-refractivity contribution in [2.75, 3.05) is 11.9 Å². The fourth-order valence-electron chi connectivity index (χ4n) is 5.17. The van der Waals surface area contributed by atoms with E-state index < -0.39 is 17.2 Å². The molecule has 2 aromatic heterocycles. The molecule has 3 aromatic carbocycles. The Morgan fingerprint density at radius 2 is 1.50 bits per heavy atom. The highest BCUT2D eigenvalue weighted by Gasteiger charge is 2.40. The van der Waals surface area contributed by atoms with Gasteiger partial charge in [0.2, 0.25) is 5.91 Å². The molecule has 5 aromatic rings. The summed E-state index contributed by atoms with van der Waals surface area (Å²) in [5.74, 6) is -0.776. The Bertz CT molecular complexity index is 1770. The number of amides is 1. The van der Waals surface area contributed by atoms with Gasteiger partial charge in [-0.25, -0.2) is 4.79 Å². The first-order valence-corrected chi connectivity index (χ1v) is 11.1. The van der Waals surface area contributed by atoms with Crippen molar-refractivity contribution >= 4 is 33.4 Å². The summed E-state index contributed by atoms with van der Waals surface area (Å²) in [7, 11) is 4.85. The van der Waals surface area contributed by atoms with Crippen molar-refractivity contribution in [2.24, 2.45) is 14.1 Å². The highest BCUT2D eigenvalue weighted by Crippen LogP contribution is 2.45. The van der Waals surface area contributed by atoms with Gasteiger partial charge in [0.15, 0.2) is 0 Å². The zero-order valence-corrected chi connectivity index (χ0v) is 19.0. The number of carbonyl (C=O) groups is 1. The van der Waals surface area contributed by atoms with Crippen LogP contribution in [-0.2, 0) is 18.9 Å². The quantitative estimate of drug-likeness (QED) is 0.447. The molecule has 0 saturated heterocycles. The van der Waals surface area contributed by atoms with Gasteiger partial charge in [-0.1, -0.05) is 54.6 Å². The van der Waals surface area contributed by atoms with Crippen molar-refractivity contribution in [3.63, 3.8) is 0 Å². The van der Waals surface area contributed by atoms with Gasteiger partial charge < -0.3 is 9.88 Å². The van der Waals surface area contributed by atoms with Crippen LogP contribution in [0.2, 0.25) is 0 Å². The van der Waals surface area contributed by atoms with Gasteiger partial charge in [-0.2, -0.15) is 0 Å². The number of rotatable bonds is 2. The average molecular weight is 450 g/mol. The minimum atomic E-state index is -0.665. The van der Waals surface area contributed by atoms with E-state index in [1.54, 1.807) is 19.0 Å². The van der Waals surface area contributed by atoms with Crippen molar-refractivity contribution in [1.82, 2.24) is 14.1 Å². The number of nitrogens with one attached hydrogen (secondary N) is 1. The van der Waals surface area contributed by atoms with Crippen molar-refractivity contribution in [2.45, 2.75) is 5.92 Å². The van der Waals surface area contributed by atoms with Crippen LogP contribution in [0.1, 0.15) is 17.0 Å². The Morgan fingerprint density at radius 1 is 0.794 bits per heavy atom. The Morgan fingerprint density at radius 3 is 2.29 bits per heavy atom. The first kappa shape index (κ1) is 20.2. The van der Waals surface area contributed by atoms with E-state index in [1.807, 2.05) is 66.7 Å². The molecule has 1 unspecified atom stereocenters. The van der Waals surface area contributed by atoms with Gasteiger partial charge in [-0.3, -0.25) is 18.7 Å². The Labute approximate surface area is 194 Å². The maximum Gasteiger partial charge on any atom is 0.332 e. The lowest BCUT2D eigenvalue weighted by Gasteiger charge is -2.14. The second-order valence-electron chi connectivity index (χ2n) is 8.79. The normalized spacial score (nSPS) is 15.4. The molecule has 168 valence electrons. The van der Waals surface area contributed by atoms with E-state index in [9.17, 15) is 14.4 Å². The van der Waals surface area contributed by atoms with E-state index in [0.29, 0.717) is 22.3 Å². The van der Waals surface area contributed by atoms with E-state index in [4.69, 9.17) is 0 Å². The minimum Gasteiger partial charge on any atom is -0.340 e. The topological polar surface area (TPSA) is 80.1 Å². The number of aryl methyl sites for hydroxylation is 1. The standard InChI is InChI=1S/C27H22N4O3/c1-29-19-11-7-6-10-18(19)20(25(29)32)21-22-24(30(2)27(34)31(3)26(22)33)28-23(21)17-13-12-15-8-4-5-9-16(15)14-17/h4-14,20,28H,1-3H3. The maximum atomic E-state index is 13.6. The SMILES string of the molecule is CN1C(=O)C(c2c(-c3ccc4ccccc4c3)[nH]c3c2c(=O)n(C)c(=O)n3C)c2ccccc21. The van der Waals surface area contributed by atoms with E-state index in [-0.39, 0.29) is 5.91 Å². The summed E-state index contributed by atoms with van der Waals surface area (Å²) >= 11 is 0. The summed E-state index contributed by atoms with van der Waals surface area (Å²) < 4.78 is 2.53. The third-order valence-corrected chi connectivity index (χ3v) is 6.96. The average Bonchev–Trinajstić information content (AvgIpc) is 3.37. The predicted octanol–water partition coefficient (Wildman–Crippen LogP) is 3.49. The first-order chi connectivity index (χ1) is 16.4. The molecule has 34 heavy (non-hydrogen) atoms. The molecule has 1 N–H and O–H groups in total. The molecule has 6 rings (SSSR count). The molecule has 1 amide bonds. The molecule has 0 fully saturated rings. The number of fused-ring (bicyclic) bond motifs is 3. The van der Waals surface area contributed by atoms with Crippen molar-refractivity contribution in [1.29, 1.82) is 0 Å². The smallest absolute Gasteiger partial charge is 0.332 e. The fourth-order valence-corrected chi connectivity index (χ4v) is 5.17. The lowest BCUT2D eigenvalue weighted by atomic mass is 9.88. The maximum absolute atomic E-state index is 13.6. The van der Waals surface area contributed by atoms with Crippen LogP contribution in [0.5, 0.6) is 0 Å². The van der Waals surface area contributed by atoms with E-state index in [1.165, 1.54) is 11.6 Å². The first-order valence-electron chi connectivity index (χ1n) is 11.1. The van der Waals surface area contributed by atoms with Gasteiger partial charge in [0, 0.05) is 32.4 Å². The van der Waals surface area contributed by atoms with E-state index in [0.717, 1.165) is 32.2 Å². The number of hydrogen-bond donors (Lipinski definition) is 1. The molecule has 1 aliphatic rings. The molecule has 7 nitrogen and oxygen atoms in total. The van der Waals surface area contributed by atoms with Crippen molar-refractivity contribution < 1.29 is 4.79 Å². The fraction of sp³-hybridized carbons (Fsp3) is 0.148. The van der Waals surface area contributed by atoms with Crippen LogP contribution in [0.25, 0.3) is 33.1 Å². The molecule has 1 atom stereocenters. The summed E-state index contributed by atoms with van der Waals surface area (Å²) in [5, 5.41) is 2.49. The number of aromatic nitrogens is 3. The van der Waals surface area contributed by atoms with Gasteiger partial charge in [0.25, 0.3) is 5.56 Å². The lowest BCUT2D eigenvalue weighted by molar-refractivity contribution is -0.118. The number of para-hydroxylation sites is 1. The number of benzene rings is 3. The predicted molar refractivity (Wildman–Crippen MR) is 133 cm³/mol. The molecule has 0 bridgehead atoms. The number of likely N-dealkylation sites (N-methyl/N-ethyl adjacent to an activating group) is 1. The van der Waals surface area contributed by atoms with Gasteiger partial charge in [0.05, 0.1) is 17.0 Å². The van der Waals surface area contributed by atoms with Gasteiger partial charge in [-0.15, -0.1) is 0 Å². The monoisotopic (exact) mass is 450 g/mol. The lowest BCUT2D eigenvalue weighted by Crippen LogP contribution is -2.37. The second-order valence-corrected chi connectivity index (χ2v) is 8.79. The largest absolute Gasteiger partial charge is 0.340 e. The number of H-pyrrole nitrogens is 1. The third kappa shape index (κ3) is 2.61. The summed E-state index contributed by atoms with van der Waals surface area (Å²) in [6.07, 6.45) is 0. The number of anilines is 1. The van der Waals surface area contributed by atoms with Crippen LogP contribution in [0.15, 0.2) is 76.3 Å². The number of nitrogens with zero attached hydrogens (tertiary/aromatic N) is 3. The van der Waals surface area contributed by atoms with Crippen LogP contribution in [0.4, 0.5) is 5.69 Å². The molecule has 0 radical (unpaired) electrons. The Hall–Kier alpha value is -4.39. The molecular formula is C27H22N4O3. The number of carbonyl (C=O) groups excluding carboxylic acids is 1. The molecule has 1 aliphatic heterocycles. The van der Waals surface area contributed by atoms with Crippen LogP contribution < -0.4 is 16.1 Å². The summed E-state index contributed by atoms with van der Waals surface area (Å²) in [6, 6.07) is 21.7. The molecule has 7 heteroatoms. The Balaban J connectivity index is 1.76. The van der Waals surface area contributed by atoms with Gasteiger partial charge in [0.1, 0.15) is 5.65 Å². The van der Waals surface area contributed by atoms with Crippen LogP contribution in [0, 0.1) is 0 Å². The highest BCUT2D eigenvalue weighted by atomic mass is 16.2. The van der Waals surface area contributed by atoms with Gasteiger partial charge in [-0.05, 0) is 34.0 Å². The summed E-state index contributed by atoms with van der Waals surface area (Å²) in [4.78, 5) is 44.7. The van der Waals surface area contributed by atoms with E-state index in [2.05, 4.69) is 4.98 Å². The molecule has 3 heterocycles. The summed E-state index contributed by atoms with van der Waals surface area (Å²) in [5.41, 5.74) is 3.34. The van der Waals surface area contributed by atoms with E-state index >= 15 is 0 Å². The molecule has 0 spiro atoms. The third-order valence-electron chi connectivity index (χ3n) is 6.96. The minimum absolute atomic E-state index is 0.111. The summed E-state index contributed by atoms with van der Waals surface area (Å²) in [6.45, 7) is 0. The van der Waals surface area contributed by atoms with Crippen LogP contribution in [-0.4, -0.2) is 27.1 Å². The van der Waals surface area contributed by atoms with Gasteiger partial charge >= 0.3 is 5.69 Å². The Kier molecular flexibility index (Phi) is 4.20.